The van der Waals surface area contributed by atoms with Crippen LogP contribution in [-0.2, 0) is 0 Å². The largest absolute Gasteiger partial charge is 0.397 e. The van der Waals surface area contributed by atoms with E-state index in [0.29, 0.717) is 10.7 Å². The molecule has 0 bridgehead atoms. The Morgan fingerprint density at radius 3 is 2.88 bits per heavy atom. The third-order valence-electron chi connectivity index (χ3n) is 2.98. The van der Waals surface area contributed by atoms with Gasteiger partial charge < -0.3 is 16.0 Å². The highest BCUT2D eigenvalue weighted by Crippen LogP contribution is 2.28. The number of nitrogens with one attached hydrogen (secondary N) is 1. The molecule has 0 saturated heterocycles. The van der Waals surface area contributed by atoms with Crippen LogP contribution in [0.2, 0.25) is 5.02 Å². The summed E-state index contributed by atoms with van der Waals surface area (Å²) in [5.41, 5.74) is 7.41. The van der Waals surface area contributed by atoms with Crippen molar-refractivity contribution < 1.29 is 0 Å². The minimum absolute atomic E-state index is 0.689. The van der Waals surface area contributed by atoms with Crippen molar-refractivity contribution in [3.8, 4) is 0 Å². The Bertz CT molecular complexity index is 343. The summed E-state index contributed by atoms with van der Waals surface area (Å²) >= 11 is 6.06. The van der Waals surface area contributed by atoms with Crippen LogP contribution in [0.3, 0.4) is 0 Å². The molecule has 0 heterocycles. The van der Waals surface area contributed by atoms with E-state index in [1.807, 2.05) is 18.2 Å². The molecule has 0 unspecified atom stereocenters. The first-order valence-corrected chi connectivity index (χ1v) is 6.04. The minimum Gasteiger partial charge on any atom is -0.397 e. The van der Waals surface area contributed by atoms with Gasteiger partial charge in [-0.05, 0) is 32.0 Å². The van der Waals surface area contributed by atoms with Crippen molar-refractivity contribution in [2.24, 2.45) is 0 Å². The summed E-state index contributed by atoms with van der Waals surface area (Å²) in [6, 6.07) is 6.37. The third kappa shape index (κ3) is 2.80. The van der Waals surface area contributed by atoms with E-state index in [1.165, 1.54) is 12.8 Å². The lowest BCUT2D eigenvalue weighted by Crippen LogP contribution is -2.27. The van der Waals surface area contributed by atoms with Crippen LogP contribution >= 0.6 is 11.6 Å². The molecule has 0 aromatic heterocycles. The fraction of sp³-hybridized carbons (Fsp3) is 0.500. The van der Waals surface area contributed by atoms with Gasteiger partial charge in [-0.2, -0.15) is 0 Å². The predicted molar refractivity (Wildman–Crippen MR) is 70.0 cm³/mol. The van der Waals surface area contributed by atoms with Crippen LogP contribution in [0.5, 0.6) is 0 Å². The lowest BCUT2D eigenvalue weighted by atomic mass is 10.2. The Labute approximate surface area is 102 Å². The SMILES string of the molecule is CN(CCNc1c(N)cccc1Cl)C1CC1. The van der Waals surface area contributed by atoms with Crippen molar-refractivity contribution in [2.75, 3.05) is 31.2 Å². The molecule has 0 spiro atoms. The standard InChI is InChI=1S/C12H18ClN3/c1-16(9-5-6-9)8-7-15-12-10(13)3-2-4-11(12)14/h2-4,9,15H,5-8,14H2,1H3. The molecular weight excluding hydrogens is 222 g/mol. The highest BCUT2D eigenvalue weighted by molar-refractivity contribution is 6.33. The molecule has 2 rings (SSSR count). The summed E-state index contributed by atoms with van der Waals surface area (Å²) in [5, 5.41) is 3.99. The Morgan fingerprint density at radius 2 is 2.25 bits per heavy atom. The van der Waals surface area contributed by atoms with Crippen molar-refractivity contribution in [2.45, 2.75) is 18.9 Å². The Morgan fingerprint density at radius 1 is 1.50 bits per heavy atom. The van der Waals surface area contributed by atoms with E-state index in [0.717, 1.165) is 24.8 Å². The maximum absolute atomic E-state index is 6.06. The van der Waals surface area contributed by atoms with Crippen molar-refractivity contribution in [3.63, 3.8) is 0 Å². The van der Waals surface area contributed by atoms with Crippen LogP contribution in [0.15, 0.2) is 18.2 Å². The number of hydrogen-bond acceptors (Lipinski definition) is 3. The van der Waals surface area contributed by atoms with Crippen molar-refractivity contribution in [1.82, 2.24) is 4.90 Å². The van der Waals surface area contributed by atoms with Crippen LogP contribution in [0.1, 0.15) is 12.8 Å². The monoisotopic (exact) mass is 239 g/mol. The topological polar surface area (TPSA) is 41.3 Å². The highest BCUT2D eigenvalue weighted by Gasteiger charge is 2.25. The van der Waals surface area contributed by atoms with Crippen LogP contribution < -0.4 is 11.1 Å². The molecule has 0 atom stereocenters. The molecule has 4 heteroatoms. The first kappa shape index (κ1) is 11.6. The zero-order valence-corrected chi connectivity index (χ0v) is 10.3. The van der Waals surface area contributed by atoms with E-state index in [-0.39, 0.29) is 0 Å². The number of hydrogen-bond donors (Lipinski definition) is 2. The lowest BCUT2D eigenvalue weighted by Gasteiger charge is -2.17. The van der Waals surface area contributed by atoms with Gasteiger partial charge in [-0.3, -0.25) is 0 Å². The van der Waals surface area contributed by atoms with Gasteiger partial charge in [0.1, 0.15) is 0 Å². The average Bonchev–Trinajstić information content (AvgIpc) is 3.05. The first-order valence-electron chi connectivity index (χ1n) is 5.66. The Balaban J connectivity index is 1.84. The molecule has 1 aliphatic carbocycles. The first-order chi connectivity index (χ1) is 7.68. The number of nitrogens with zero attached hydrogens (tertiary/aromatic N) is 1. The van der Waals surface area contributed by atoms with Gasteiger partial charge in [0, 0.05) is 19.1 Å². The molecule has 1 fully saturated rings. The summed E-state index contributed by atoms with van der Waals surface area (Å²) in [5.74, 6) is 0. The molecule has 1 saturated carbocycles. The molecule has 3 N–H and O–H groups in total. The number of benzene rings is 1. The second-order valence-corrected chi connectivity index (χ2v) is 4.75. The van der Waals surface area contributed by atoms with E-state index >= 15 is 0 Å². The van der Waals surface area contributed by atoms with Crippen LogP contribution in [0.25, 0.3) is 0 Å². The second kappa shape index (κ2) is 4.93. The number of para-hydroxylation sites is 1. The molecule has 1 aliphatic rings. The zero-order valence-electron chi connectivity index (χ0n) is 9.54. The molecule has 0 amide bonds. The molecule has 1 aromatic carbocycles. The molecule has 3 nitrogen and oxygen atoms in total. The number of halogens is 1. The quantitative estimate of drug-likeness (QED) is 0.776. The van der Waals surface area contributed by atoms with Crippen LogP contribution in [-0.4, -0.2) is 31.1 Å². The van der Waals surface area contributed by atoms with Gasteiger partial charge in [-0.25, -0.2) is 0 Å². The van der Waals surface area contributed by atoms with Gasteiger partial charge in [0.25, 0.3) is 0 Å². The van der Waals surface area contributed by atoms with Crippen LogP contribution in [0, 0.1) is 0 Å². The summed E-state index contributed by atoms with van der Waals surface area (Å²) in [7, 11) is 2.16. The molecule has 16 heavy (non-hydrogen) atoms. The van der Waals surface area contributed by atoms with Gasteiger partial charge in [0.05, 0.1) is 16.4 Å². The Hall–Kier alpha value is -0.930. The smallest absolute Gasteiger partial charge is 0.0763 e. The molecule has 0 aliphatic heterocycles. The highest BCUT2D eigenvalue weighted by atomic mass is 35.5. The summed E-state index contributed by atoms with van der Waals surface area (Å²) in [6.07, 6.45) is 2.68. The van der Waals surface area contributed by atoms with E-state index in [2.05, 4.69) is 17.3 Å². The zero-order chi connectivity index (χ0) is 11.5. The molecule has 1 aromatic rings. The summed E-state index contributed by atoms with van der Waals surface area (Å²) in [6.45, 7) is 1.90. The average molecular weight is 240 g/mol. The molecule has 88 valence electrons. The third-order valence-corrected chi connectivity index (χ3v) is 3.30. The lowest BCUT2D eigenvalue weighted by molar-refractivity contribution is 0.337. The van der Waals surface area contributed by atoms with E-state index in [4.69, 9.17) is 17.3 Å². The number of anilines is 2. The van der Waals surface area contributed by atoms with E-state index < -0.39 is 0 Å². The molecule has 0 radical (unpaired) electrons. The summed E-state index contributed by atoms with van der Waals surface area (Å²) in [4.78, 5) is 2.38. The van der Waals surface area contributed by atoms with Gasteiger partial charge in [-0.15, -0.1) is 0 Å². The normalized spacial score (nSPS) is 15.4. The van der Waals surface area contributed by atoms with Gasteiger partial charge in [0.2, 0.25) is 0 Å². The number of rotatable bonds is 5. The van der Waals surface area contributed by atoms with Crippen molar-refractivity contribution in [1.29, 1.82) is 0 Å². The predicted octanol–water partition coefficient (Wildman–Crippen LogP) is 2.43. The van der Waals surface area contributed by atoms with Crippen LogP contribution in [0.4, 0.5) is 11.4 Å². The Kier molecular flexibility index (Phi) is 3.56. The van der Waals surface area contributed by atoms with E-state index in [9.17, 15) is 0 Å². The molecular formula is C12H18ClN3. The fourth-order valence-electron chi connectivity index (χ4n) is 1.78. The fourth-order valence-corrected chi connectivity index (χ4v) is 2.03. The number of nitrogens with two attached hydrogens (primary N) is 1. The van der Waals surface area contributed by atoms with Gasteiger partial charge in [-0.1, -0.05) is 17.7 Å². The van der Waals surface area contributed by atoms with Crippen molar-refractivity contribution >= 4 is 23.0 Å². The second-order valence-electron chi connectivity index (χ2n) is 4.34. The van der Waals surface area contributed by atoms with Crippen molar-refractivity contribution in [3.05, 3.63) is 23.2 Å². The minimum atomic E-state index is 0.689. The maximum Gasteiger partial charge on any atom is 0.0763 e. The van der Waals surface area contributed by atoms with Gasteiger partial charge >= 0.3 is 0 Å². The maximum atomic E-state index is 6.06. The number of likely N-dealkylation sites (N-methyl/N-ethyl adjacent to an activating group) is 1. The number of nitrogen functional groups attached to an aromatic ring is 1. The summed E-state index contributed by atoms with van der Waals surface area (Å²) < 4.78 is 0. The van der Waals surface area contributed by atoms with E-state index in [1.54, 1.807) is 0 Å². The van der Waals surface area contributed by atoms with Gasteiger partial charge in [0.15, 0.2) is 0 Å².